The molecule has 0 aliphatic heterocycles. The molecule has 0 radical (unpaired) electrons. The lowest BCUT2D eigenvalue weighted by Gasteiger charge is -2.27. The third-order valence-corrected chi connectivity index (χ3v) is 4.16. The summed E-state index contributed by atoms with van der Waals surface area (Å²) in [5.41, 5.74) is 0.216. The van der Waals surface area contributed by atoms with Crippen LogP contribution in [0.5, 0.6) is 0 Å². The van der Waals surface area contributed by atoms with E-state index in [1.807, 2.05) is 6.92 Å². The van der Waals surface area contributed by atoms with Crippen molar-refractivity contribution in [2.75, 3.05) is 0 Å². The number of hydrogen-bond donors (Lipinski definition) is 2. The second kappa shape index (κ2) is 5.30. The molecule has 0 unspecified atom stereocenters. The average Bonchev–Trinajstić information content (AvgIpc) is 2.24. The molecule has 0 aliphatic rings. The smallest absolute Gasteiger partial charge is 0.322 e. The number of aliphatic carboxylic acids is 1. The second-order valence-corrected chi connectivity index (χ2v) is 7.29. The zero-order chi connectivity index (χ0) is 14.8. The predicted octanol–water partition coefficient (Wildman–Crippen LogP) is 1.77. The maximum Gasteiger partial charge on any atom is 0.322 e. The van der Waals surface area contributed by atoms with Gasteiger partial charge in [-0.3, -0.25) is 4.79 Å². The Bertz CT molecular complexity index is 555. The molecule has 0 heterocycles. The average molecular weight is 285 g/mol. The van der Waals surface area contributed by atoms with Crippen LogP contribution in [0, 0.1) is 12.3 Å². The quantitative estimate of drug-likeness (QED) is 0.883. The number of rotatable bonds is 4. The van der Waals surface area contributed by atoms with Crippen molar-refractivity contribution in [2.45, 2.75) is 38.6 Å². The number of benzene rings is 1. The van der Waals surface area contributed by atoms with Crippen LogP contribution in [0.4, 0.5) is 0 Å². The minimum absolute atomic E-state index is 0.0635. The van der Waals surface area contributed by atoms with E-state index in [1.54, 1.807) is 32.9 Å². The van der Waals surface area contributed by atoms with E-state index in [1.165, 1.54) is 12.1 Å². The highest BCUT2D eigenvalue weighted by Crippen LogP contribution is 2.22. The maximum atomic E-state index is 12.1. The molecule has 1 aromatic rings. The molecule has 0 fully saturated rings. The van der Waals surface area contributed by atoms with E-state index in [-0.39, 0.29) is 4.90 Å². The summed E-state index contributed by atoms with van der Waals surface area (Å²) in [4.78, 5) is 11.2. The van der Waals surface area contributed by atoms with E-state index in [2.05, 4.69) is 4.72 Å². The standard InChI is InChI=1S/C13H19NO4S/c1-9-5-7-10(8-6-9)19(17,18)14-11(12(15)16)13(2,3)4/h5-8,11,14H,1-4H3,(H,15,16)/t11-/m0/s1. The summed E-state index contributed by atoms with van der Waals surface area (Å²) >= 11 is 0. The minimum Gasteiger partial charge on any atom is -0.480 e. The van der Waals surface area contributed by atoms with Crippen molar-refractivity contribution in [1.29, 1.82) is 0 Å². The van der Waals surface area contributed by atoms with Crippen LogP contribution in [0.2, 0.25) is 0 Å². The highest BCUT2D eigenvalue weighted by molar-refractivity contribution is 7.89. The highest BCUT2D eigenvalue weighted by Gasteiger charge is 2.35. The van der Waals surface area contributed by atoms with E-state index >= 15 is 0 Å². The summed E-state index contributed by atoms with van der Waals surface area (Å²) in [6.07, 6.45) is 0. The van der Waals surface area contributed by atoms with Gasteiger partial charge in [0.1, 0.15) is 6.04 Å². The molecular weight excluding hydrogens is 266 g/mol. The molecule has 0 aliphatic carbocycles. The Kier molecular flexibility index (Phi) is 4.37. The fourth-order valence-electron chi connectivity index (χ4n) is 1.54. The van der Waals surface area contributed by atoms with E-state index in [4.69, 9.17) is 5.11 Å². The SMILES string of the molecule is Cc1ccc(S(=O)(=O)N[C@@H](C(=O)O)C(C)(C)C)cc1. The first-order valence-electron chi connectivity index (χ1n) is 5.86. The lowest BCUT2D eigenvalue weighted by molar-refractivity contribution is -0.141. The van der Waals surface area contributed by atoms with Gasteiger partial charge in [0.05, 0.1) is 4.90 Å². The van der Waals surface area contributed by atoms with Crippen LogP contribution in [0.1, 0.15) is 26.3 Å². The third-order valence-electron chi connectivity index (χ3n) is 2.72. The predicted molar refractivity (Wildman–Crippen MR) is 72.4 cm³/mol. The Balaban J connectivity index is 3.08. The third kappa shape index (κ3) is 4.04. The number of sulfonamides is 1. The van der Waals surface area contributed by atoms with Gasteiger partial charge in [-0.05, 0) is 24.5 Å². The van der Waals surface area contributed by atoms with Crippen LogP contribution in [-0.2, 0) is 14.8 Å². The zero-order valence-corrected chi connectivity index (χ0v) is 12.3. The summed E-state index contributed by atoms with van der Waals surface area (Å²) in [5, 5.41) is 9.14. The molecule has 106 valence electrons. The van der Waals surface area contributed by atoms with Crippen molar-refractivity contribution < 1.29 is 18.3 Å². The van der Waals surface area contributed by atoms with Gasteiger partial charge >= 0.3 is 5.97 Å². The van der Waals surface area contributed by atoms with Crippen molar-refractivity contribution in [1.82, 2.24) is 4.72 Å². The second-order valence-electron chi connectivity index (χ2n) is 5.57. The molecule has 1 aromatic carbocycles. The van der Waals surface area contributed by atoms with Crippen LogP contribution in [0.3, 0.4) is 0 Å². The molecule has 0 saturated carbocycles. The Morgan fingerprint density at radius 1 is 1.21 bits per heavy atom. The molecule has 0 saturated heterocycles. The van der Waals surface area contributed by atoms with Crippen molar-refractivity contribution in [3.05, 3.63) is 29.8 Å². The normalized spacial score (nSPS) is 14.1. The van der Waals surface area contributed by atoms with E-state index in [0.29, 0.717) is 0 Å². The fraction of sp³-hybridized carbons (Fsp3) is 0.462. The topological polar surface area (TPSA) is 83.5 Å². The molecule has 2 N–H and O–H groups in total. The van der Waals surface area contributed by atoms with Crippen LogP contribution < -0.4 is 4.72 Å². The Hall–Kier alpha value is -1.40. The lowest BCUT2D eigenvalue weighted by Crippen LogP contribution is -2.48. The first-order valence-corrected chi connectivity index (χ1v) is 7.34. The molecule has 0 aromatic heterocycles. The first-order chi connectivity index (χ1) is 8.54. The summed E-state index contributed by atoms with van der Waals surface area (Å²) in [5.74, 6) is -1.19. The van der Waals surface area contributed by atoms with Gasteiger partial charge in [0.15, 0.2) is 0 Å². The summed E-state index contributed by atoms with van der Waals surface area (Å²) in [6, 6.07) is 5.07. The Morgan fingerprint density at radius 2 is 1.68 bits per heavy atom. The van der Waals surface area contributed by atoms with Crippen LogP contribution in [-0.4, -0.2) is 25.5 Å². The van der Waals surface area contributed by atoms with Gasteiger partial charge in [-0.25, -0.2) is 8.42 Å². The molecule has 19 heavy (non-hydrogen) atoms. The maximum absolute atomic E-state index is 12.1. The van der Waals surface area contributed by atoms with Crippen LogP contribution in [0.25, 0.3) is 0 Å². The van der Waals surface area contributed by atoms with Gasteiger partial charge in [0.25, 0.3) is 0 Å². The molecule has 5 nitrogen and oxygen atoms in total. The highest BCUT2D eigenvalue weighted by atomic mass is 32.2. The molecular formula is C13H19NO4S. The van der Waals surface area contributed by atoms with Gasteiger partial charge in [-0.1, -0.05) is 38.5 Å². The largest absolute Gasteiger partial charge is 0.480 e. The van der Waals surface area contributed by atoms with Gasteiger partial charge in [0.2, 0.25) is 10.0 Å². The number of hydrogen-bond acceptors (Lipinski definition) is 3. The summed E-state index contributed by atoms with van der Waals surface area (Å²) in [7, 11) is -3.84. The van der Waals surface area contributed by atoms with Crippen molar-refractivity contribution in [2.24, 2.45) is 5.41 Å². The first kappa shape index (κ1) is 15.7. The van der Waals surface area contributed by atoms with Crippen LogP contribution in [0.15, 0.2) is 29.2 Å². The van der Waals surface area contributed by atoms with E-state index in [0.717, 1.165) is 5.56 Å². The lowest BCUT2D eigenvalue weighted by atomic mass is 9.88. The zero-order valence-electron chi connectivity index (χ0n) is 11.5. The van der Waals surface area contributed by atoms with Crippen LogP contribution >= 0.6 is 0 Å². The number of carboxylic acid groups (broad SMARTS) is 1. The van der Waals surface area contributed by atoms with Gasteiger partial charge in [-0.15, -0.1) is 0 Å². The number of carbonyl (C=O) groups is 1. The van der Waals surface area contributed by atoms with Gasteiger partial charge in [0, 0.05) is 0 Å². The van der Waals surface area contributed by atoms with Crippen molar-refractivity contribution >= 4 is 16.0 Å². The van der Waals surface area contributed by atoms with Gasteiger partial charge < -0.3 is 5.11 Å². The van der Waals surface area contributed by atoms with Crippen molar-refractivity contribution in [3.8, 4) is 0 Å². The van der Waals surface area contributed by atoms with E-state index in [9.17, 15) is 13.2 Å². The van der Waals surface area contributed by atoms with E-state index < -0.39 is 27.4 Å². The Morgan fingerprint density at radius 3 is 2.05 bits per heavy atom. The number of nitrogens with one attached hydrogen (secondary N) is 1. The van der Waals surface area contributed by atoms with Gasteiger partial charge in [-0.2, -0.15) is 4.72 Å². The molecule has 0 spiro atoms. The molecule has 6 heteroatoms. The summed E-state index contributed by atoms with van der Waals surface area (Å²) < 4.78 is 26.5. The molecule has 1 atom stereocenters. The molecule has 1 rings (SSSR count). The monoisotopic (exact) mass is 285 g/mol. The summed E-state index contributed by atoms with van der Waals surface area (Å²) in [6.45, 7) is 6.86. The Labute approximate surface area is 113 Å². The minimum atomic E-state index is -3.84. The fourth-order valence-corrected chi connectivity index (χ4v) is 2.93. The van der Waals surface area contributed by atoms with Crippen molar-refractivity contribution in [3.63, 3.8) is 0 Å². The number of aryl methyl sites for hydroxylation is 1. The molecule has 0 amide bonds. The number of carboxylic acids is 1. The molecule has 0 bridgehead atoms.